The Morgan fingerprint density at radius 3 is 2.36 bits per heavy atom. The summed E-state index contributed by atoms with van der Waals surface area (Å²) in [5.41, 5.74) is 0.932. The summed E-state index contributed by atoms with van der Waals surface area (Å²) in [5, 5.41) is 2.77. The summed E-state index contributed by atoms with van der Waals surface area (Å²) in [6.45, 7) is 0. The monoisotopic (exact) mass is 189 g/mol. The second kappa shape index (κ2) is 3.45. The Morgan fingerprint density at radius 2 is 1.93 bits per heavy atom. The third-order valence-corrected chi connectivity index (χ3v) is 3.20. The fourth-order valence-corrected chi connectivity index (χ4v) is 2.17. The van der Waals surface area contributed by atoms with Crippen molar-refractivity contribution in [2.75, 3.05) is 7.05 Å². The number of hydrogen-bond donors (Lipinski definition) is 1. The first-order valence-corrected chi connectivity index (χ1v) is 5.07. The molecule has 0 aromatic heterocycles. The third kappa shape index (κ3) is 1.22. The van der Waals surface area contributed by atoms with Crippen LogP contribution in [0.5, 0.6) is 0 Å². The standard InChI is InChI=1S/C12H15NO/c1-13-11(14)12(8-5-9-12)10-6-3-2-4-7-10/h2-4,6-7H,5,8-9H2,1H3,(H,13,14). The van der Waals surface area contributed by atoms with Crippen molar-refractivity contribution >= 4 is 5.91 Å². The number of benzene rings is 1. The van der Waals surface area contributed by atoms with Gasteiger partial charge in [0.05, 0.1) is 5.41 Å². The van der Waals surface area contributed by atoms with E-state index in [0.717, 1.165) is 24.8 Å². The van der Waals surface area contributed by atoms with Crippen molar-refractivity contribution in [1.82, 2.24) is 5.32 Å². The Balaban J connectivity index is 2.34. The fraction of sp³-hybridized carbons (Fsp3) is 0.417. The zero-order valence-corrected chi connectivity index (χ0v) is 8.42. The Bertz CT molecular complexity index is 327. The minimum Gasteiger partial charge on any atom is -0.358 e. The highest BCUT2D eigenvalue weighted by Crippen LogP contribution is 2.43. The lowest BCUT2D eigenvalue weighted by molar-refractivity contribution is -0.129. The average molecular weight is 189 g/mol. The molecule has 0 aliphatic heterocycles. The molecule has 1 N–H and O–H groups in total. The van der Waals surface area contributed by atoms with E-state index in [1.165, 1.54) is 0 Å². The van der Waals surface area contributed by atoms with E-state index in [1.807, 2.05) is 18.2 Å². The van der Waals surface area contributed by atoms with Gasteiger partial charge in [-0.05, 0) is 18.4 Å². The highest BCUT2D eigenvalue weighted by atomic mass is 16.2. The first-order valence-electron chi connectivity index (χ1n) is 5.07. The second-order valence-electron chi connectivity index (χ2n) is 3.88. The molecule has 1 aromatic rings. The predicted molar refractivity (Wildman–Crippen MR) is 56.0 cm³/mol. The fourth-order valence-electron chi connectivity index (χ4n) is 2.17. The Hall–Kier alpha value is -1.31. The number of carbonyl (C=O) groups is 1. The molecular weight excluding hydrogens is 174 g/mol. The van der Waals surface area contributed by atoms with Gasteiger partial charge in [0, 0.05) is 7.05 Å². The number of likely N-dealkylation sites (N-methyl/N-ethyl adjacent to an activating group) is 1. The molecule has 0 radical (unpaired) electrons. The van der Waals surface area contributed by atoms with Crippen LogP contribution in [-0.4, -0.2) is 13.0 Å². The Labute approximate surface area is 84.3 Å². The van der Waals surface area contributed by atoms with E-state index in [0.29, 0.717) is 0 Å². The number of nitrogens with one attached hydrogen (secondary N) is 1. The highest BCUT2D eigenvalue weighted by Gasteiger charge is 2.44. The van der Waals surface area contributed by atoms with Crippen molar-refractivity contribution in [3.05, 3.63) is 35.9 Å². The molecule has 0 bridgehead atoms. The molecule has 0 unspecified atom stereocenters. The molecule has 2 nitrogen and oxygen atoms in total. The lowest BCUT2D eigenvalue weighted by atomic mass is 9.64. The normalized spacial score (nSPS) is 18.4. The summed E-state index contributed by atoms with van der Waals surface area (Å²) < 4.78 is 0. The van der Waals surface area contributed by atoms with E-state index < -0.39 is 0 Å². The van der Waals surface area contributed by atoms with Crippen LogP contribution in [0.1, 0.15) is 24.8 Å². The minimum atomic E-state index is -0.226. The molecule has 1 aromatic carbocycles. The molecule has 1 fully saturated rings. The number of amides is 1. The first-order chi connectivity index (χ1) is 6.79. The Morgan fingerprint density at radius 1 is 1.29 bits per heavy atom. The van der Waals surface area contributed by atoms with Crippen molar-refractivity contribution in [2.45, 2.75) is 24.7 Å². The van der Waals surface area contributed by atoms with Crippen LogP contribution in [0.25, 0.3) is 0 Å². The Kier molecular flexibility index (Phi) is 2.28. The summed E-state index contributed by atoms with van der Waals surface area (Å²) in [5.74, 6) is 0.162. The van der Waals surface area contributed by atoms with Gasteiger partial charge in [0.2, 0.25) is 5.91 Å². The van der Waals surface area contributed by atoms with Gasteiger partial charge in [-0.15, -0.1) is 0 Å². The molecule has 1 amide bonds. The summed E-state index contributed by atoms with van der Waals surface area (Å²) in [4.78, 5) is 11.8. The van der Waals surface area contributed by atoms with Crippen LogP contribution < -0.4 is 5.32 Å². The number of hydrogen-bond acceptors (Lipinski definition) is 1. The van der Waals surface area contributed by atoms with E-state index >= 15 is 0 Å². The first kappa shape index (κ1) is 9.25. The molecule has 0 spiro atoms. The maximum Gasteiger partial charge on any atom is 0.230 e. The average Bonchev–Trinajstić information content (AvgIpc) is 2.17. The van der Waals surface area contributed by atoms with Crippen molar-refractivity contribution in [2.24, 2.45) is 0 Å². The van der Waals surface area contributed by atoms with Crippen molar-refractivity contribution in [3.63, 3.8) is 0 Å². The van der Waals surface area contributed by atoms with Crippen LogP contribution in [0.15, 0.2) is 30.3 Å². The van der Waals surface area contributed by atoms with Crippen molar-refractivity contribution < 1.29 is 4.79 Å². The van der Waals surface area contributed by atoms with Crippen LogP contribution in [0, 0.1) is 0 Å². The summed E-state index contributed by atoms with van der Waals surface area (Å²) in [6.07, 6.45) is 3.12. The van der Waals surface area contributed by atoms with Gasteiger partial charge in [0.25, 0.3) is 0 Å². The van der Waals surface area contributed by atoms with Crippen LogP contribution in [-0.2, 0) is 10.2 Å². The lowest BCUT2D eigenvalue weighted by Crippen LogP contribution is -2.48. The van der Waals surface area contributed by atoms with E-state index in [1.54, 1.807) is 7.05 Å². The lowest BCUT2D eigenvalue weighted by Gasteiger charge is -2.40. The van der Waals surface area contributed by atoms with Crippen molar-refractivity contribution in [3.8, 4) is 0 Å². The molecule has 2 rings (SSSR count). The molecule has 0 atom stereocenters. The van der Waals surface area contributed by atoms with Gasteiger partial charge in [-0.2, -0.15) is 0 Å². The minimum absolute atomic E-state index is 0.162. The zero-order valence-electron chi connectivity index (χ0n) is 8.42. The van der Waals surface area contributed by atoms with Gasteiger partial charge >= 0.3 is 0 Å². The molecule has 1 aliphatic carbocycles. The van der Waals surface area contributed by atoms with E-state index in [9.17, 15) is 4.79 Å². The van der Waals surface area contributed by atoms with Gasteiger partial charge < -0.3 is 5.32 Å². The maximum atomic E-state index is 11.8. The predicted octanol–water partition coefficient (Wildman–Crippen LogP) is 1.85. The van der Waals surface area contributed by atoms with Crippen LogP contribution >= 0.6 is 0 Å². The summed E-state index contributed by atoms with van der Waals surface area (Å²) in [6, 6.07) is 10.1. The molecule has 1 aliphatic rings. The van der Waals surface area contributed by atoms with Gasteiger partial charge in [0.15, 0.2) is 0 Å². The van der Waals surface area contributed by atoms with Gasteiger partial charge in [-0.1, -0.05) is 36.8 Å². The van der Waals surface area contributed by atoms with E-state index in [2.05, 4.69) is 17.4 Å². The largest absolute Gasteiger partial charge is 0.358 e. The summed E-state index contributed by atoms with van der Waals surface area (Å²) in [7, 11) is 1.71. The molecule has 74 valence electrons. The van der Waals surface area contributed by atoms with Gasteiger partial charge in [-0.3, -0.25) is 4.79 Å². The molecule has 14 heavy (non-hydrogen) atoms. The van der Waals surface area contributed by atoms with Gasteiger partial charge in [0.1, 0.15) is 0 Å². The maximum absolute atomic E-state index is 11.8. The van der Waals surface area contributed by atoms with E-state index in [4.69, 9.17) is 0 Å². The summed E-state index contributed by atoms with van der Waals surface area (Å²) >= 11 is 0. The van der Waals surface area contributed by atoms with E-state index in [-0.39, 0.29) is 11.3 Å². The second-order valence-corrected chi connectivity index (χ2v) is 3.88. The van der Waals surface area contributed by atoms with Crippen LogP contribution in [0.2, 0.25) is 0 Å². The van der Waals surface area contributed by atoms with Crippen LogP contribution in [0.3, 0.4) is 0 Å². The van der Waals surface area contributed by atoms with Crippen LogP contribution in [0.4, 0.5) is 0 Å². The molecule has 1 saturated carbocycles. The third-order valence-electron chi connectivity index (χ3n) is 3.20. The quantitative estimate of drug-likeness (QED) is 0.756. The molecule has 0 heterocycles. The number of carbonyl (C=O) groups excluding carboxylic acids is 1. The zero-order chi connectivity index (χ0) is 10.0. The number of rotatable bonds is 2. The highest BCUT2D eigenvalue weighted by molar-refractivity contribution is 5.89. The SMILES string of the molecule is CNC(=O)C1(c2ccccc2)CCC1. The molecule has 0 saturated heterocycles. The topological polar surface area (TPSA) is 29.1 Å². The smallest absolute Gasteiger partial charge is 0.230 e. The molecular formula is C12H15NO. The van der Waals surface area contributed by atoms with Crippen molar-refractivity contribution in [1.29, 1.82) is 0 Å². The molecule has 2 heteroatoms. The van der Waals surface area contributed by atoms with Gasteiger partial charge in [-0.25, -0.2) is 0 Å².